The van der Waals surface area contributed by atoms with Gasteiger partial charge < -0.3 is 10.6 Å². The van der Waals surface area contributed by atoms with Gasteiger partial charge in [-0.25, -0.2) is 0 Å². The minimum absolute atomic E-state index is 0.223. The molecule has 0 radical (unpaired) electrons. The molecule has 4 nitrogen and oxygen atoms in total. The highest BCUT2D eigenvalue weighted by atomic mass is 35.5. The van der Waals surface area contributed by atoms with Crippen LogP contribution in [0.1, 0.15) is 43.0 Å². The molecule has 0 saturated heterocycles. The van der Waals surface area contributed by atoms with Gasteiger partial charge in [-0.1, -0.05) is 71.3 Å². The molecule has 0 atom stereocenters. The van der Waals surface area contributed by atoms with Gasteiger partial charge in [0.15, 0.2) is 0 Å². The second-order valence-electron chi connectivity index (χ2n) is 8.37. The van der Waals surface area contributed by atoms with Crippen molar-refractivity contribution in [2.75, 3.05) is 10.6 Å². The number of hydrogen-bond acceptors (Lipinski definition) is 2. The van der Waals surface area contributed by atoms with Crippen molar-refractivity contribution in [3.63, 3.8) is 0 Å². The molecule has 4 aromatic rings. The van der Waals surface area contributed by atoms with E-state index < -0.39 is 0 Å². The van der Waals surface area contributed by atoms with Gasteiger partial charge in [-0.2, -0.15) is 0 Å². The lowest BCUT2D eigenvalue weighted by Gasteiger charge is -2.16. The van der Waals surface area contributed by atoms with Crippen molar-refractivity contribution < 1.29 is 9.59 Å². The standard InChI is InChI=1S/C28H25ClN2O2/c1-16-9-11-24(18(3)13-16)30-27(32)22-15-23(29)20-7-5-6-8-21(20)26(22)28(33)31-25-12-10-17(2)14-19(25)4/h5-15H,1-4H3,(H,30,32)(H,31,33). The molecule has 0 saturated carbocycles. The third-order valence-corrected chi connectivity index (χ3v) is 6.04. The summed E-state index contributed by atoms with van der Waals surface area (Å²) in [6, 6.07) is 20.5. The largest absolute Gasteiger partial charge is 0.322 e. The Hall–Kier alpha value is -3.63. The first kappa shape index (κ1) is 22.6. The first-order valence-electron chi connectivity index (χ1n) is 10.7. The first-order valence-corrected chi connectivity index (χ1v) is 11.1. The van der Waals surface area contributed by atoms with Gasteiger partial charge in [0.2, 0.25) is 0 Å². The number of amides is 2. The third kappa shape index (κ3) is 4.62. The van der Waals surface area contributed by atoms with Gasteiger partial charge in [0, 0.05) is 21.8 Å². The number of nitrogens with one attached hydrogen (secondary N) is 2. The second-order valence-corrected chi connectivity index (χ2v) is 8.78. The van der Waals surface area contributed by atoms with Crippen LogP contribution in [0.2, 0.25) is 5.02 Å². The topological polar surface area (TPSA) is 58.2 Å². The molecule has 0 spiro atoms. The molecular formula is C28H25ClN2O2. The normalized spacial score (nSPS) is 10.8. The zero-order chi connectivity index (χ0) is 23.7. The van der Waals surface area contributed by atoms with Gasteiger partial charge >= 0.3 is 0 Å². The first-order chi connectivity index (χ1) is 15.7. The van der Waals surface area contributed by atoms with E-state index in [4.69, 9.17) is 11.6 Å². The van der Waals surface area contributed by atoms with Gasteiger partial charge in [0.1, 0.15) is 0 Å². The Morgan fingerprint density at radius 3 is 1.73 bits per heavy atom. The summed E-state index contributed by atoms with van der Waals surface area (Å²) >= 11 is 6.53. The molecule has 0 aliphatic heterocycles. The van der Waals surface area contributed by atoms with Gasteiger partial charge in [0.25, 0.3) is 11.8 Å². The average molecular weight is 457 g/mol. The van der Waals surface area contributed by atoms with Crippen molar-refractivity contribution in [3.8, 4) is 0 Å². The molecule has 2 amide bonds. The van der Waals surface area contributed by atoms with Crippen molar-refractivity contribution in [1.82, 2.24) is 0 Å². The van der Waals surface area contributed by atoms with E-state index in [1.165, 1.54) is 0 Å². The van der Waals surface area contributed by atoms with Crippen molar-refractivity contribution in [2.45, 2.75) is 27.7 Å². The molecule has 0 aliphatic carbocycles. The number of carbonyl (C=O) groups excluding carboxylic acids is 2. The lowest BCUT2D eigenvalue weighted by molar-refractivity contribution is 0.0991. The molecule has 4 rings (SSSR count). The van der Waals surface area contributed by atoms with Crippen molar-refractivity contribution >= 4 is 45.6 Å². The maximum atomic E-state index is 13.5. The van der Waals surface area contributed by atoms with Crippen molar-refractivity contribution in [1.29, 1.82) is 0 Å². The Morgan fingerprint density at radius 2 is 1.18 bits per heavy atom. The fourth-order valence-electron chi connectivity index (χ4n) is 4.04. The molecule has 0 fully saturated rings. The molecule has 33 heavy (non-hydrogen) atoms. The number of carbonyl (C=O) groups is 2. The van der Waals surface area contributed by atoms with Crippen LogP contribution >= 0.6 is 11.6 Å². The predicted octanol–water partition coefficient (Wildman–Crippen LogP) is 7.23. The summed E-state index contributed by atoms with van der Waals surface area (Å²) in [5, 5.41) is 7.68. The Kier molecular flexibility index (Phi) is 6.21. The lowest BCUT2D eigenvalue weighted by atomic mass is 9.97. The van der Waals surface area contributed by atoms with E-state index in [1.807, 2.05) is 88.4 Å². The Balaban J connectivity index is 1.81. The van der Waals surface area contributed by atoms with E-state index in [2.05, 4.69) is 10.6 Å². The van der Waals surface area contributed by atoms with Crippen LogP contribution < -0.4 is 10.6 Å². The second kappa shape index (κ2) is 9.08. The molecule has 0 aromatic heterocycles. The van der Waals surface area contributed by atoms with Crippen LogP contribution in [0.15, 0.2) is 66.7 Å². The van der Waals surface area contributed by atoms with Crippen LogP contribution in [0.5, 0.6) is 0 Å². The Morgan fingerprint density at radius 1 is 0.667 bits per heavy atom. The van der Waals surface area contributed by atoms with Gasteiger partial charge in [-0.15, -0.1) is 0 Å². The molecule has 4 aromatic carbocycles. The van der Waals surface area contributed by atoms with Crippen molar-refractivity contribution in [2.24, 2.45) is 0 Å². The van der Waals surface area contributed by atoms with E-state index in [0.717, 1.165) is 22.3 Å². The number of fused-ring (bicyclic) bond motifs is 1. The number of rotatable bonds is 4. The fourth-order valence-corrected chi connectivity index (χ4v) is 4.31. The molecule has 0 heterocycles. The molecular weight excluding hydrogens is 432 g/mol. The highest BCUT2D eigenvalue weighted by molar-refractivity contribution is 6.37. The highest BCUT2D eigenvalue weighted by Gasteiger charge is 2.23. The fraction of sp³-hybridized carbons (Fsp3) is 0.143. The van der Waals surface area contributed by atoms with Crippen LogP contribution in [0.3, 0.4) is 0 Å². The highest BCUT2D eigenvalue weighted by Crippen LogP contribution is 2.31. The monoisotopic (exact) mass is 456 g/mol. The van der Waals surface area contributed by atoms with Crippen LogP contribution in [0.4, 0.5) is 11.4 Å². The van der Waals surface area contributed by atoms with Gasteiger partial charge in [-0.3, -0.25) is 9.59 Å². The summed E-state index contributed by atoms with van der Waals surface area (Å²) in [5.74, 6) is -0.749. The Labute approximate surface area is 198 Å². The summed E-state index contributed by atoms with van der Waals surface area (Å²) in [6.45, 7) is 7.87. The minimum Gasteiger partial charge on any atom is -0.322 e. The average Bonchev–Trinajstić information content (AvgIpc) is 2.77. The third-order valence-electron chi connectivity index (χ3n) is 5.73. The van der Waals surface area contributed by atoms with E-state index in [-0.39, 0.29) is 22.9 Å². The molecule has 0 unspecified atom stereocenters. The number of aryl methyl sites for hydroxylation is 4. The summed E-state index contributed by atoms with van der Waals surface area (Å²) in [6.07, 6.45) is 0. The number of halogens is 1. The predicted molar refractivity (Wildman–Crippen MR) is 137 cm³/mol. The molecule has 0 bridgehead atoms. The van der Waals surface area contributed by atoms with E-state index >= 15 is 0 Å². The molecule has 0 aliphatic rings. The quantitative estimate of drug-likeness (QED) is 0.340. The van der Waals surface area contributed by atoms with Crippen LogP contribution in [0.25, 0.3) is 10.8 Å². The Bertz CT molecular complexity index is 1410. The maximum Gasteiger partial charge on any atom is 0.257 e. The minimum atomic E-state index is -0.389. The smallest absolute Gasteiger partial charge is 0.257 e. The van der Waals surface area contributed by atoms with E-state index in [0.29, 0.717) is 27.2 Å². The zero-order valence-corrected chi connectivity index (χ0v) is 19.8. The molecule has 2 N–H and O–H groups in total. The van der Waals surface area contributed by atoms with Crippen molar-refractivity contribution in [3.05, 3.63) is 105 Å². The number of anilines is 2. The number of hydrogen-bond donors (Lipinski definition) is 2. The number of benzene rings is 4. The van der Waals surface area contributed by atoms with Crippen LogP contribution in [-0.4, -0.2) is 11.8 Å². The molecule has 5 heteroatoms. The summed E-state index contributed by atoms with van der Waals surface area (Å²) in [4.78, 5) is 26.9. The van der Waals surface area contributed by atoms with Crippen LogP contribution in [-0.2, 0) is 0 Å². The zero-order valence-electron chi connectivity index (χ0n) is 19.0. The van der Waals surface area contributed by atoms with Gasteiger partial charge in [-0.05, 0) is 62.4 Å². The molecule has 166 valence electrons. The summed E-state index contributed by atoms with van der Waals surface area (Å²) in [5.41, 5.74) is 6.00. The summed E-state index contributed by atoms with van der Waals surface area (Å²) < 4.78 is 0. The van der Waals surface area contributed by atoms with E-state index in [9.17, 15) is 9.59 Å². The summed E-state index contributed by atoms with van der Waals surface area (Å²) in [7, 11) is 0. The maximum absolute atomic E-state index is 13.5. The lowest BCUT2D eigenvalue weighted by Crippen LogP contribution is -2.21. The SMILES string of the molecule is Cc1ccc(NC(=O)c2cc(Cl)c3ccccc3c2C(=O)Nc2ccc(C)cc2C)c(C)c1. The van der Waals surface area contributed by atoms with E-state index in [1.54, 1.807) is 6.07 Å². The van der Waals surface area contributed by atoms with Gasteiger partial charge in [0.05, 0.1) is 11.1 Å². The van der Waals surface area contributed by atoms with Crippen LogP contribution in [0, 0.1) is 27.7 Å².